The largest absolute Gasteiger partial charge is 0.397 e. The zero-order chi connectivity index (χ0) is 13.9. The molecule has 0 heterocycles. The second kappa shape index (κ2) is 6.73. The van der Waals surface area contributed by atoms with Gasteiger partial charge in [-0.05, 0) is 62.3 Å². The summed E-state index contributed by atoms with van der Waals surface area (Å²) >= 11 is 0. The summed E-state index contributed by atoms with van der Waals surface area (Å²) < 4.78 is 11.9. The van der Waals surface area contributed by atoms with E-state index in [0.29, 0.717) is 5.41 Å². The standard InChI is InChI=1S/C16H32O2Si/c1-5-16(4,12-19(17-6-2)18-7-3)15-11-13-8-9-14(15)10-13/h13-15,19H,5-12H2,1-4H3. The molecule has 2 bridgehead atoms. The number of hydrogen-bond donors (Lipinski definition) is 0. The van der Waals surface area contributed by atoms with Crippen molar-refractivity contribution in [1.29, 1.82) is 0 Å². The first-order valence-corrected chi connectivity index (χ1v) is 10.1. The average molecular weight is 285 g/mol. The summed E-state index contributed by atoms with van der Waals surface area (Å²) in [7, 11) is -1.46. The topological polar surface area (TPSA) is 18.5 Å². The van der Waals surface area contributed by atoms with Crippen LogP contribution < -0.4 is 0 Å². The van der Waals surface area contributed by atoms with Gasteiger partial charge in [0.2, 0.25) is 0 Å². The lowest BCUT2D eigenvalue weighted by Gasteiger charge is -2.41. The molecule has 112 valence electrons. The van der Waals surface area contributed by atoms with E-state index in [1.807, 2.05) is 0 Å². The van der Waals surface area contributed by atoms with E-state index >= 15 is 0 Å². The van der Waals surface area contributed by atoms with Gasteiger partial charge in [0, 0.05) is 13.2 Å². The van der Waals surface area contributed by atoms with Crippen molar-refractivity contribution >= 4 is 9.28 Å². The van der Waals surface area contributed by atoms with Crippen LogP contribution in [0.3, 0.4) is 0 Å². The first kappa shape index (κ1) is 15.5. The lowest BCUT2D eigenvalue weighted by Crippen LogP contribution is -2.37. The molecule has 4 atom stereocenters. The van der Waals surface area contributed by atoms with Crippen molar-refractivity contribution in [2.75, 3.05) is 13.2 Å². The number of rotatable bonds is 8. The van der Waals surface area contributed by atoms with Crippen LogP contribution >= 0.6 is 0 Å². The van der Waals surface area contributed by atoms with Crippen molar-refractivity contribution in [1.82, 2.24) is 0 Å². The second-order valence-electron chi connectivity index (χ2n) is 6.83. The highest BCUT2D eigenvalue weighted by Gasteiger charge is 2.48. The van der Waals surface area contributed by atoms with Crippen LogP contribution in [0.1, 0.15) is 59.8 Å². The maximum atomic E-state index is 5.94. The van der Waals surface area contributed by atoms with Crippen LogP contribution in [0.4, 0.5) is 0 Å². The quantitative estimate of drug-likeness (QED) is 0.624. The zero-order valence-electron chi connectivity index (χ0n) is 13.3. The minimum Gasteiger partial charge on any atom is -0.397 e. The molecule has 0 aromatic heterocycles. The monoisotopic (exact) mass is 284 g/mol. The van der Waals surface area contributed by atoms with Crippen molar-refractivity contribution in [3.05, 3.63) is 0 Å². The van der Waals surface area contributed by atoms with Gasteiger partial charge in [0.25, 0.3) is 0 Å². The lowest BCUT2D eigenvalue weighted by atomic mass is 9.69. The Morgan fingerprint density at radius 1 is 1.05 bits per heavy atom. The molecule has 2 rings (SSSR count). The highest BCUT2D eigenvalue weighted by Crippen LogP contribution is 2.57. The Labute approximate surface area is 121 Å². The van der Waals surface area contributed by atoms with E-state index < -0.39 is 9.28 Å². The maximum Gasteiger partial charge on any atom is 0.321 e. The third-order valence-electron chi connectivity index (χ3n) is 5.78. The molecule has 4 unspecified atom stereocenters. The van der Waals surface area contributed by atoms with Crippen molar-refractivity contribution in [2.24, 2.45) is 23.2 Å². The number of hydrogen-bond acceptors (Lipinski definition) is 2. The highest BCUT2D eigenvalue weighted by molar-refractivity contribution is 6.44. The van der Waals surface area contributed by atoms with E-state index in [1.165, 1.54) is 38.1 Å². The molecule has 0 aromatic carbocycles. The van der Waals surface area contributed by atoms with Crippen molar-refractivity contribution < 1.29 is 8.85 Å². The molecule has 2 saturated carbocycles. The fraction of sp³-hybridized carbons (Fsp3) is 1.00. The second-order valence-corrected chi connectivity index (χ2v) is 8.77. The average Bonchev–Trinajstić information content (AvgIpc) is 3.01. The van der Waals surface area contributed by atoms with Crippen LogP contribution in [0.25, 0.3) is 0 Å². The Morgan fingerprint density at radius 2 is 1.74 bits per heavy atom. The summed E-state index contributed by atoms with van der Waals surface area (Å²) in [5.41, 5.74) is 0.459. The van der Waals surface area contributed by atoms with E-state index in [9.17, 15) is 0 Å². The van der Waals surface area contributed by atoms with Gasteiger partial charge in [-0.1, -0.05) is 26.7 Å². The molecular formula is C16H32O2Si. The van der Waals surface area contributed by atoms with Gasteiger partial charge in [-0.3, -0.25) is 0 Å². The molecule has 0 saturated heterocycles. The first-order valence-electron chi connectivity index (χ1n) is 8.36. The summed E-state index contributed by atoms with van der Waals surface area (Å²) in [5.74, 6) is 2.99. The van der Waals surface area contributed by atoms with E-state index in [1.54, 1.807) is 0 Å². The van der Waals surface area contributed by atoms with E-state index in [2.05, 4.69) is 27.7 Å². The summed E-state index contributed by atoms with van der Waals surface area (Å²) in [6.07, 6.45) is 7.26. The predicted octanol–water partition coefficient (Wildman–Crippen LogP) is 4.13. The Morgan fingerprint density at radius 3 is 2.16 bits per heavy atom. The van der Waals surface area contributed by atoms with Crippen molar-refractivity contribution in [2.45, 2.75) is 65.8 Å². The predicted molar refractivity (Wildman–Crippen MR) is 82.5 cm³/mol. The van der Waals surface area contributed by atoms with Crippen LogP contribution in [-0.4, -0.2) is 22.5 Å². The lowest BCUT2D eigenvalue weighted by molar-refractivity contribution is 0.114. The maximum absolute atomic E-state index is 5.94. The van der Waals surface area contributed by atoms with E-state index in [0.717, 1.165) is 31.0 Å². The smallest absolute Gasteiger partial charge is 0.321 e. The van der Waals surface area contributed by atoms with Crippen molar-refractivity contribution in [3.63, 3.8) is 0 Å². The molecule has 0 aromatic rings. The Balaban J connectivity index is 2.00. The van der Waals surface area contributed by atoms with Gasteiger partial charge in [0.15, 0.2) is 0 Å². The number of fused-ring (bicyclic) bond motifs is 2. The Bertz CT molecular complexity index is 278. The van der Waals surface area contributed by atoms with Gasteiger partial charge >= 0.3 is 9.28 Å². The molecule has 0 radical (unpaired) electrons. The fourth-order valence-corrected chi connectivity index (χ4v) is 7.00. The molecule has 0 aliphatic heterocycles. The zero-order valence-corrected chi connectivity index (χ0v) is 14.4. The minimum atomic E-state index is -1.46. The van der Waals surface area contributed by atoms with Gasteiger partial charge in [-0.2, -0.15) is 0 Å². The molecule has 2 nitrogen and oxygen atoms in total. The Kier molecular flexibility index (Phi) is 5.50. The van der Waals surface area contributed by atoms with Crippen LogP contribution in [0.2, 0.25) is 6.04 Å². The molecule has 2 aliphatic carbocycles. The van der Waals surface area contributed by atoms with Gasteiger partial charge in [0.1, 0.15) is 0 Å². The van der Waals surface area contributed by atoms with Crippen molar-refractivity contribution in [3.8, 4) is 0 Å². The SMILES string of the molecule is CCO[SiH](CC(C)(CC)C1CC2CCC1C2)OCC. The highest BCUT2D eigenvalue weighted by atomic mass is 28.3. The van der Waals surface area contributed by atoms with Crippen LogP contribution in [0, 0.1) is 23.2 Å². The third-order valence-corrected chi connectivity index (χ3v) is 8.46. The van der Waals surface area contributed by atoms with Crippen LogP contribution in [-0.2, 0) is 8.85 Å². The molecule has 2 aliphatic rings. The molecule has 0 spiro atoms. The molecule has 0 amide bonds. The molecular weight excluding hydrogens is 252 g/mol. The fourth-order valence-electron chi connectivity index (χ4n) is 4.57. The molecule has 19 heavy (non-hydrogen) atoms. The summed E-state index contributed by atoms with van der Waals surface area (Å²) in [6.45, 7) is 10.7. The molecule has 2 fully saturated rings. The van der Waals surface area contributed by atoms with Crippen LogP contribution in [0.5, 0.6) is 0 Å². The minimum absolute atomic E-state index is 0.459. The normalized spacial score (nSPS) is 33.0. The Hall–Kier alpha value is 0.137. The third kappa shape index (κ3) is 3.42. The van der Waals surface area contributed by atoms with Gasteiger partial charge in [-0.25, -0.2) is 0 Å². The van der Waals surface area contributed by atoms with Crippen LogP contribution in [0.15, 0.2) is 0 Å². The summed E-state index contributed by atoms with van der Waals surface area (Å²) in [6, 6.07) is 1.21. The summed E-state index contributed by atoms with van der Waals surface area (Å²) in [5, 5.41) is 0. The molecule has 3 heteroatoms. The first-order chi connectivity index (χ1) is 9.12. The van der Waals surface area contributed by atoms with Gasteiger partial charge in [0.05, 0.1) is 0 Å². The van der Waals surface area contributed by atoms with E-state index in [4.69, 9.17) is 8.85 Å². The summed E-state index contributed by atoms with van der Waals surface area (Å²) in [4.78, 5) is 0. The van der Waals surface area contributed by atoms with Gasteiger partial charge < -0.3 is 8.85 Å². The van der Waals surface area contributed by atoms with Gasteiger partial charge in [-0.15, -0.1) is 0 Å². The van der Waals surface area contributed by atoms with E-state index in [-0.39, 0.29) is 0 Å². The molecule has 0 N–H and O–H groups in total.